The van der Waals surface area contributed by atoms with Crippen molar-refractivity contribution in [3.05, 3.63) is 50.5 Å². The predicted molar refractivity (Wildman–Crippen MR) is 98.2 cm³/mol. The Morgan fingerprint density at radius 2 is 1.92 bits per heavy atom. The highest BCUT2D eigenvalue weighted by Crippen LogP contribution is 2.21. The molecule has 132 valence electrons. The van der Waals surface area contributed by atoms with Crippen molar-refractivity contribution in [2.75, 3.05) is 0 Å². The standard InChI is InChI=1S/C19H21NO4S/c1-10-8-9-25-15(10)6-7-16(22)24-14(5)19(23)18-11(2)17(13(4)21)12(3)20-18/h6-9,14,20H,1-5H3/b7-6+/t14-/m0/s1. The Kier molecular flexibility index (Phi) is 5.74. The molecule has 1 atom stereocenters. The molecule has 0 fully saturated rings. The second-order valence-electron chi connectivity index (χ2n) is 5.93. The van der Waals surface area contributed by atoms with Crippen LogP contribution in [0, 0.1) is 20.8 Å². The van der Waals surface area contributed by atoms with E-state index in [9.17, 15) is 14.4 Å². The summed E-state index contributed by atoms with van der Waals surface area (Å²) in [6, 6.07) is 1.96. The summed E-state index contributed by atoms with van der Waals surface area (Å²) in [4.78, 5) is 40.0. The van der Waals surface area contributed by atoms with Crippen molar-refractivity contribution in [3.8, 4) is 0 Å². The number of aromatic amines is 1. The highest BCUT2D eigenvalue weighted by molar-refractivity contribution is 7.11. The molecule has 6 heteroatoms. The third kappa shape index (κ3) is 4.14. The zero-order valence-corrected chi connectivity index (χ0v) is 15.7. The van der Waals surface area contributed by atoms with Crippen molar-refractivity contribution >= 4 is 34.9 Å². The number of esters is 1. The Morgan fingerprint density at radius 3 is 2.44 bits per heavy atom. The van der Waals surface area contributed by atoms with E-state index in [4.69, 9.17) is 4.74 Å². The van der Waals surface area contributed by atoms with Crippen molar-refractivity contribution in [1.29, 1.82) is 0 Å². The minimum absolute atomic E-state index is 0.107. The summed E-state index contributed by atoms with van der Waals surface area (Å²) < 4.78 is 5.19. The van der Waals surface area contributed by atoms with E-state index in [-0.39, 0.29) is 11.6 Å². The number of H-pyrrole nitrogens is 1. The largest absolute Gasteiger partial charge is 0.451 e. The molecule has 2 heterocycles. The number of thiophene rings is 1. The van der Waals surface area contributed by atoms with Crippen LogP contribution in [0.15, 0.2) is 17.5 Å². The van der Waals surface area contributed by atoms with Crippen LogP contribution in [-0.4, -0.2) is 28.6 Å². The summed E-state index contributed by atoms with van der Waals surface area (Å²) >= 11 is 1.52. The van der Waals surface area contributed by atoms with E-state index in [2.05, 4.69) is 4.98 Å². The molecule has 0 unspecified atom stereocenters. The van der Waals surface area contributed by atoms with Gasteiger partial charge < -0.3 is 9.72 Å². The molecular formula is C19H21NO4S. The van der Waals surface area contributed by atoms with Crippen LogP contribution < -0.4 is 0 Å². The van der Waals surface area contributed by atoms with Gasteiger partial charge in [-0.1, -0.05) is 0 Å². The van der Waals surface area contributed by atoms with Crippen molar-refractivity contribution < 1.29 is 19.1 Å². The number of carbonyl (C=O) groups excluding carboxylic acids is 3. The SMILES string of the molecule is CC(=O)c1c(C)[nH]c(C(=O)[C@H](C)OC(=O)/C=C/c2sccc2C)c1C. The monoisotopic (exact) mass is 359 g/mol. The topological polar surface area (TPSA) is 76.2 Å². The summed E-state index contributed by atoms with van der Waals surface area (Å²) in [6.07, 6.45) is 2.05. The van der Waals surface area contributed by atoms with Crippen molar-refractivity contribution in [2.45, 2.75) is 40.7 Å². The molecule has 2 aromatic heterocycles. The number of hydrogen-bond acceptors (Lipinski definition) is 5. The minimum atomic E-state index is -0.946. The van der Waals surface area contributed by atoms with Gasteiger partial charge in [-0.05, 0) is 63.3 Å². The first kappa shape index (κ1) is 18.9. The van der Waals surface area contributed by atoms with E-state index >= 15 is 0 Å². The Bertz CT molecular complexity index is 857. The summed E-state index contributed by atoms with van der Waals surface area (Å²) in [5.41, 5.74) is 3.12. The summed E-state index contributed by atoms with van der Waals surface area (Å²) in [5, 5.41) is 1.94. The molecule has 5 nitrogen and oxygen atoms in total. The molecule has 1 N–H and O–H groups in total. The van der Waals surface area contributed by atoms with E-state index in [1.807, 2.05) is 18.4 Å². The quantitative estimate of drug-likeness (QED) is 0.480. The molecular weight excluding hydrogens is 338 g/mol. The van der Waals surface area contributed by atoms with Gasteiger partial charge in [0.1, 0.15) is 0 Å². The number of ether oxygens (including phenoxy) is 1. The number of rotatable bonds is 6. The number of carbonyl (C=O) groups is 3. The second kappa shape index (κ2) is 7.61. The molecule has 0 aliphatic heterocycles. The zero-order valence-electron chi connectivity index (χ0n) is 14.9. The first-order valence-electron chi connectivity index (χ1n) is 7.89. The average molecular weight is 359 g/mol. The van der Waals surface area contributed by atoms with Crippen LogP contribution in [-0.2, 0) is 9.53 Å². The number of ketones is 2. The van der Waals surface area contributed by atoms with Gasteiger partial charge in [0.25, 0.3) is 0 Å². The summed E-state index contributed by atoms with van der Waals surface area (Å²) in [7, 11) is 0. The number of aromatic nitrogens is 1. The van der Waals surface area contributed by atoms with Crippen molar-refractivity contribution in [2.24, 2.45) is 0 Å². The zero-order chi connectivity index (χ0) is 18.7. The Balaban J connectivity index is 2.09. The lowest BCUT2D eigenvalue weighted by atomic mass is 10.0. The van der Waals surface area contributed by atoms with Crippen LogP contribution in [0.1, 0.15) is 56.4 Å². The lowest BCUT2D eigenvalue weighted by Crippen LogP contribution is -2.24. The van der Waals surface area contributed by atoms with Gasteiger partial charge in [0.05, 0.1) is 5.69 Å². The fourth-order valence-electron chi connectivity index (χ4n) is 2.69. The number of hydrogen-bond donors (Lipinski definition) is 1. The van der Waals surface area contributed by atoms with Gasteiger partial charge in [0.15, 0.2) is 11.9 Å². The summed E-state index contributed by atoms with van der Waals surface area (Å²) in [5.74, 6) is -1.05. The summed E-state index contributed by atoms with van der Waals surface area (Å²) in [6.45, 7) is 8.38. The third-order valence-electron chi connectivity index (χ3n) is 3.97. The van der Waals surface area contributed by atoms with Crippen LogP contribution in [0.25, 0.3) is 6.08 Å². The first-order chi connectivity index (χ1) is 11.7. The van der Waals surface area contributed by atoms with Crippen LogP contribution in [0.3, 0.4) is 0 Å². The third-order valence-corrected chi connectivity index (χ3v) is 4.95. The molecule has 0 aromatic carbocycles. The molecule has 0 aliphatic rings. The number of aryl methyl sites for hydroxylation is 2. The van der Waals surface area contributed by atoms with Gasteiger partial charge in [0.2, 0.25) is 5.78 Å². The van der Waals surface area contributed by atoms with E-state index in [0.29, 0.717) is 22.5 Å². The Hall–Kier alpha value is -2.47. The van der Waals surface area contributed by atoms with E-state index in [0.717, 1.165) is 10.4 Å². The van der Waals surface area contributed by atoms with Crippen LogP contribution in [0.2, 0.25) is 0 Å². The molecule has 0 bridgehead atoms. The van der Waals surface area contributed by atoms with Gasteiger partial charge in [-0.15, -0.1) is 11.3 Å². The number of nitrogens with one attached hydrogen (secondary N) is 1. The molecule has 0 spiro atoms. The minimum Gasteiger partial charge on any atom is -0.451 e. The molecule has 0 radical (unpaired) electrons. The van der Waals surface area contributed by atoms with Crippen molar-refractivity contribution in [3.63, 3.8) is 0 Å². The highest BCUT2D eigenvalue weighted by Gasteiger charge is 2.25. The first-order valence-corrected chi connectivity index (χ1v) is 8.77. The maximum atomic E-state index is 12.5. The molecule has 2 aromatic rings. The Labute approximate surface area is 150 Å². The smallest absolute Gasteiger partial charge is 0.331 e. The molecule has 0 amide bonds. The van der Waals surface area contributed by atoms with Crippen molar-refractivity contribution in [1.82, 2.24) is 4.98 Å². The van der Waals surface area contributed by atoms with Gasteiger partial charge in [-0.25, -0.2) is 4.79 Å². The maximum absolute atomic E-state index is 12.5. The van der Waals surface area contributed by atoms with Gasteiger partial charge in [-0.2, -0.15) is 0 Å². The van der Waals surface area contributed by atoms with E-state index < -0.39 is 12.1 Å². The van der Waals surface area contributed by atoms with Gasteiger partial charge in [0, 0.05) is 22.2 Å². The van der Waals surface area contributed by atoms with Gasteiger partial charge in [-0.3, -0.25) is 9.59 Å². The fraction of sp³-hybridized carbons (Fsp3) is 0.316. The maximum Gasteiger partial charge on any atom is 0.331 e. The van der Waals surface area contributed by atoms with Crippen LogP contribution >= 0.6 is 11.3 Å². The van der Waals surface area contributed by atoms with Gasteiger partial charge >= 0.3 is 5.97 Å². The fourth-order valence-corrected chi connectivity index (χ4v) is 3.51. The van der Waals surface area contributed by atoms with E-state index in [1.165, 1.54) is 31.3 Å². The van der Waals surface area contributed by atoms with Crippen LogP contribution in [0.4, 0.5) is 0 Å². The molecule has 0 aliphatic carbocycles. The molecule has 0 saturated carbocycles. The Morgan fingerprint density at radius 1 is 1.24 bits per heavy atom. The second-order valence-corrected chi connectivity index (χ2v) is 6.87. The normalized spacial score (nSPS) is 12.4. The lowest BCUT2D eigenvalue weighted by Gasteiger charge is -2.10. The van der Waals surface area contributed by atoms with E-state index in [1.54, 1.807) is 19.9 Å². The molecule has 25 heavy (non-hydrogen) atoms. The average Bonchev–Trinajstić information content (AvgIpc) is 3.07. The lowest BCUT2D eigenvalue weighted by molar-refractivity contribution is -0.140. The highest BCUT2D eigenvalue weighted by atomic mass is 32.1. The number of Topliss-reactive ketones (excluding diaryl/α,β-unsaturated/α-hetero) is 2. The molecule has 2 rings (SSSR count). The molecule has 0 saturated heterocycles. The van der Waals surface area contributed by atoms with Crippen LogP contribution in [0.5, 0.6) is 0 Å². The predicted octanol–water partition coefficient (Wildman–Crippen LogP) is 4.03.